The molecular weight excluding hydrogens is 284 g/mol. The van der Waals surface area contributed by atoms with Gasteiger partial charge in [-0.15, -0.1) is 0 Å². The summed E-state index contributed by atoms with van der Waals surface area (Å²) in [6, 6.07) is 8.67. The predicted molar refractivity (Wildman–Crippen MR) is 75.2 cm³/mol. The maximum atomic E-state index is 10.9. The van der Waals surface area contributed by atoms with Crippen LogP contribution >= 0.6 is 11.6 Å². The van der Waals surface area contributed by atoms with Gasteiger partial charge in [0.2, 0.25) is 0 Å². The van der Waals surface area contributed by atoms with Crippen LogP contribution in [0.5, 0.6) is 11.5 Å². The van der Waals surface area contributed by atoms with E-state index in [0.29, 0.717) is 10.6 Å². The summed E-state index contributed by atoms with van der Waals surface area (Å²) in [5.74, 6) is -0.505. The van der Waals surface area contributed by atoms with Gasteiger partial charge in [0.1, 0.15) is 5.69 Å². The number of nitro benzene ring substituents is 1. The van der Waals surface area contributed by atoms with Crippen LogP contribution in [0.25, 0.3) is 0 Å². The number of phenolic OH excluding ortho intramolecular Hbond substituents is 2. The molecule has 2 rings (SSSR count). The van der Waals surface area contributed by atoms with Crippen LogP contribution in [0.2, 0.25) is 5.02 Å². The Morgan fingerprint density at radius 2 is 2.00 bits per heavy atom. The number of aromatic hydroxyl groups is 2. The average molecular weight is 295 g/mol. The SMILES string of the molecule is O=[N+]([O-])c1ccc(Cl)cc1NCc1cccc(O)c1O. The molecule has 0 saturated carbocycles. The quantitative estimate of drug-likeness (QED) is 0.457. The highest BCUT2D eigenvalue weighted by Gasteiger charge is 2.14. The third kappa shape index (κ3) is 2.92. The molecule has 0 fully saturated rings. The Kier molecular flexibility index (Phi) is 3.95. The Labute approximate surface area is 119 Å². The molecule has 6 nitrogen and oxygen atoms in total. The van der Waals surface area contributed by atoms with E-state index in [9.17, 15) is 20.3 Å². The van der Waals surface area contributed by atoms with E-state index >= 15 is 0 Å². The van der Waals surface area contributed by atoms with Crippen molar-refractivity contribution in [2.75, 3.05) is 5.32 Å². The molecule has 0 unspecified atom stereocenters. The molecule has 0 spiro atoms. The minimum atomic E-state index is -0.527. The van der Waals surface area contributed by atoms with Crippen LogP contribution in [0.4, 0.5) is 11.4 Å². The topological polar surface area (TPSA) is 95.6 Å². The molecule has 7 heteroatoms. The monoisotopic (exact) mass is 294 g/mol. The molecule has 3 N–H and O–H groups in total. The second-order valence-electron chi connectivity index (χ2n) is 4.06. The summed E-state index contributed by atoms with van der Waals surface area (Å²) in [4.78, 5) is 10.4. The number of nitrogens with one attached hydrogen (secondary N) is 1. The molecule has 2 aromatic rings. The fraction of sp³-hybridized carbons (Fsp3) is 0.0769. The summed E-state index contributed by atoms with van der Waals surface area (Å²) in [6.45, 7) is 0.113. The van der Waals surface area contributed by atoms with Gasteiger partial charge in [0.05, 0.1) is 4.92 Å². The minimum absolute atomic E-state index is 0.113. The summed E-state index contributed by atoms with van der Waals surface area (Å²) in [5, 5.41) is 33.1. The van der Waals surface area contributed by atoms with Crippen molar-refractivity contribution in [2.45, 2.75) is 6.54 Å². The second kappa shape index (κ2) is 5.66. The third-order valence-corrected chi connectivity index (χ3v) is 2.96. The van der Waals surface area contributed by atoms with Gasteiger partial charge < -0.3 is 15.5 Å². The fourth-order valence-electron chi connectivity index (χ4n) is 1.72. The summed E-state index contributed by atoms with van der Waals surface area (Å²) < 4.78 is 0. The molecule has 0 aliphatic carbocycles. The summed E-state index contributed by atoms with van der Waals surface area (Å²) in [6.07, 6.45) is 0. The van der Waals surface area contributed by atoms with E-state index in [-0.39, 0.29) is 29.4 Å². The number of phenols is 2. The van der Waals surface area contributed by atoms with Crippen molar-refractivity contribution in [3.05, 3.63) is 57.1 Å². The van der Waals surface area contributed by atoms with Gasteiger partial charge in [0, 0.05) is 23.2 Å². The van der Waals surface area contributed by atoms with Crippen molar-refractivity contribution in [1.29, 1.82) is 0 Å². The number of hydrogen-bond donors (Lipinski definition) is 3. The van der Waals surface area contributed by atoms with Gasteiger partial charge in [-0.3, -0.25) is 10.1 Å². The van der Waals surface area contributed by atoms with Crippen molar-refractivity contribution in [3.8, 4) is 11.5 Å². The van der Waals surface area contributed by atoms with Crippen molar-refractivity contribution in [3.63, 3.8) is 0 Å². The maximum Gasteiger partial charge on any atom is 0.292 e. The van der Waals surface area contributed by atoms with Gasteiger partial charge in [-0.2, -0.15) is 0 Å². The normalized spacial score (nSPS) is 10.2. The molecule has 0 radical (unpaired) electrons. The highest BCUT2D eigenvalue weighted by molar-refractivity contribution is 6.31. The number of halogens is 1. The largest absolute Gasteiger partial charge is 0.504 e. The predicted octanol–water partition coefficient (Wildman–Crippen LogP) is 3.27. The number of hydrogen-bond acceptors (Lipinski definition) is 5. The van der Waals surface area contributed by atoms with Crippen LogP contribution in [-0.4, -0.2) is 15.1 Å². The van der Waals surface area contributed by atoms with Crippen molar-refractivity contribution < 1.29 is 15.1 Å². The van der Waals surface area contributed by atoms with Crippen molar-refractivity contribution in [2.24, 2.45) is 0 Å². The van der Waals surface area contributed by atoms with Crippen LogP contribution in [-0.2, 0) is 6.54 Å². The molecule has 0 amide bonds. The Morgan fingerprint density at radius 1 is 1.25 bits per heavy atom. The first-order valence-corrected chi connectivity index (χ1v) is 6.04. The number of anilines is 1. The number of benzene rings is 2. The van der Waals surface area contributed by atoms with Gasteiger partial charge in [0.15, 0.2) is 11.5 Å². The van der Waals surface area contributed by atoms with Gasteiger partial charge in [-0.05, 0) is 18.2 Å². The first kappa shape index (κ1) is 14.0. The average Bonchev–Trinajstić information content (AvgIpc) is 2.40. The Hall–Kier alpha value is -2.47. The van der Waals surface area contributed by atoms with Gasteiger partial charge in [0.25, 0.3) is 5.69 Å². The van der Waals surface area contributed by atoms with Crippen LogP contribution in [0.15, 0.2) is 36.4 Å². The van der Waals surface area contributed by atoms with E-state index in [2.05, 4.69) is 5.32 Å². The molecule has 2 aromatic carbocycles. The molecule has 104 valence electrons. The number of rotatable bonds is 4. The Morgan fingerprint density at radius 3 is 2.70 bits per heavy atom. The van der Waals surface area contributed by atoms with Crippen LogP contribution < -0.4 is 5.32 Å². The van der Waals surface area contributed by atoms with E-state index < -0.39 is 4.92 Å². The first-order chi connectivity index (χ1) is 9.49. The lowest BCUT2D eigenvalue weighted by Crippen LogP contribution is -2.03. The van der Waals surface area contributed by atoms with E-state index in [1.807, 2.05) is 0 Å². The molecule has 0 aromatic heterocycles. The number of para-hydroxylation sites is 1. The Bertz CT molecular complexity index is 661. The van der Waals surface area contributed by atoms with Crippen LogP contribution in [0.3, 0.4) is 0 Å². The molecule has 20 heavy (non-hydrogen) atoms. The highest BCUT2D eigenvalue weighted by atomic mass is 35.5. The lowest BCUT2D eigenvalue weighted by molar-refractivity contribution is -0.384. The maximum absolute atomic E-state index is 10.9. The van der Waals surface area contributed by atoms with Gasteiger partial charge >= 0.3 is 0 Å². The molecule has 0 aliphatic rings. The molecule has 0 bridgehead atoms. The van der Waals surface area contributed by atoms with E-state index in [1.54, 1.807) is 12.1 Å². The van der Waals surface area contributed by atoms with Crippen molar-refractivity contribution >= 4 is 23.0 Å². The van der Waals surface area contributed by atoms with E-state index in [0.717, 1.165) is 0 Å². The zero-order valence-electron chi connectivity index (χ0n) is 10.2. The van der Waals surface area contributed by atoms with E-state index in [1.165, 1.54) is 24.3 Å². The lowest BCUT2D eigenvalue weighted by Gasteiger charge is -2.09. The minimum Gasteiger partial charge on any atom is -0.504 e. The van der Waals surface area contributed by atoms with Crippen LogP contribution in [0.1, 0.15) is 5.56 Å². The first-order valence-electron chi connectivity index (χ1n) is 5.66. The zero-order valence-corrected chi connectivity index (χ0v) is 11.0. The fourth-order valence-corrected chi connectivity index (χ4v) is 1.89. The smallest absolute Gasteiger partial charge is 0.292 e. The molecule has 0 saturated heterocycles. The summed E-state index contributed by atoms with van der Waals surface area (Å²) in [5.41, 5.74) is 0.540. The van der Waals surface area contributed by atoms with Crippen LogP contribution in [0, 0.1) is 10.1 Å². The number of nitrogens with zero attached hydrogens (tertiary/aromatic N) is 1. The second-order valence-corrected chi connectivity index (χ2v) is 4.49. The molecule has 0 atom stereocenters. The summed E-state index contributed by atoms with van der Waals surface area (Å²) >= 11 is 5.81. The lowest BCUT2D eigenvalue weighted by atomic mass is 10.1. The standard InChI is InChI=1S/C13H11ClN2O4/c14-9-4-5-11(16(19)20)10(6-9)15-7-8-2-1-3-12(17)13(8)18/h1-6,15,17-18H,7H2. The number of nitro groups is 1. The van der Waals surface area contributed by atoms with Gasteiger partial charge in [-0.1, -0.05) is 23.7 Å². The van der Waals surface area contributed by atoms with Gasteiger partial charge in [-0.25, -0.2) is 0 Å². The molecule has 0 aliphatic heterocycles. The summed E-state index contributed by atoms with van der Waals surface area (Å²) in [7, 11) is 0. The van der Waals surface area contributed by atoms with E-state index in [4.69, 9.17) is 11.6 Å². The highest BCUT2D eigenvalue weighted by Crippen LogP contribution is 2.31. The van der Waals surface area contributed by atoms with Crippen molar-refractivity contribution in [1.82, 2.24) is 0 Å². The third-order valence-electron chi connectivity index (χ3n) is 2.72. The zero-order chi connectivity index (χ0) is 14.7. The Balaban J connectivity index is 2.24. The molecular formula is C13H11ClN2O4. The molecule has 0 heterocycles.